The van der Waals surface area contributed by atoms with Crippen LogP contribution < -0.4 is 9.47 Å². The number of pyridine rings is 1. The molecule has 3 rings (SSSR count). The summed E-state index contributed by atoms with van der Waals surface area (Å²) in [5, 5.41) is 0. The van der Waals surface area contributed by atoms with Crippen LogP contribution in [0.25, 0.3) is 0 Å². The number of hydrogen-bond donors (Lipinski definition) is 0. The van der Waals surface area contributed by atoms with Gasteiger partial charge in [0.05, 0.1) is 14.2 Å². The molecule has 0 radical (unpaired) electrons. The number of rotatable bonds is 6. The van der Waals surface area contributed by atoms with Gasteiger partial charge in [-0.15, -0.1) is 0 Å². The standard InChI is InChI=1S/C18H20N2O3/c1-22-16-6-3-14(11-17(16)23-2)18(21)20(15-4-5-15)12-13-7-9-19-10-8-13/h3,6-11,15H,4-5,12H2,1-2H3. The van der Waals surface area contributed by atoms with Crippen LogP contribution in [0.2, 0.25) is 0 Å². The van der Waals surface area contributed by atoms with Crippen LogP contribution in [0.1, 0.15) is 28.8 Å². The van der Waals surface area contributed by atoms with Gasteiger partial charge >= 0.3 is 0 Å². The third-order valence-corrected chi connectivity index (χ3v) is 3.98. The van der Waals surface area contributed by atoms with Gasteiger partial charge in [0, 0.05) is 30.5 Å². The number of benzene rings is 1. The van der Waals surface area contributed by atoms with E-state index in [4.69, 9.17) is 9.47 Å². The number of ether oxygens (including phenoxy) is 2. The summed E-state index contributed by atoms with van der Waals surface area (Å²) in [5.74, 6) is 1.21. The smallest absolute Gasteiger partial charge is 0.254 e. The van der Waals surface area contributed by atoms with E-state index in [0.717, 1.165) is 18.4 Å². The molecule has 1 heterocycles. The lowest BCUT2D eigenvalue weighted by atomic mass is 10.1. The van der Waals surface area contributed by atoms with Gasteiger partial charge in [0.15, 0.2) is 11.5 Å². The Hall–Kier alpha value is -2.56. The molecule has 1 aromatic heterocycles. The van der Waals surface area contributed by atoms with Crippen LogP contribution >= 0.6 is 0 Å². The molecule has 1 aliphatic carbocycles. The second-order valence-corrected chi connectivity index (χ2v) is 5.59. The van der Waals surface area contributed by atoms with Gasteiger partial charge in [0.2, 0.25) is 0 Å². The SMILES string of the molecule is COc1ccc(C(=O)N(Cc2ccncc2)C2CC2)cc1OC. The summed E-state index contributed by atoms with van der Waals surface area (Å²) >= 11 is 0. The van der Waals surface area contributed by atoms with Gasteiger partial charge in [-0.3, -0.25) is 9.78 Å². The predicted octanol–water partition coefficient (Wildman–Crippen LogP) is 2.90. The van der Waals surface area contributed by atoms with Crippen LogP contribution in [-0.4, -0.2) is 36.1 Å². The van der Waals surface area contributed by atoms with Crippen LogP contribution in [0.5, 0.6) is 11.5 Å². The van der Waals surface area contributed by atoms with Gasteiger partial charge in [-0.05, 0) is 48.7 Å². The largest absolute Gasteiger partial charge is 0.493 e. The number of carbonyl (C=O) groups is 1. The summed E-state index contributed by atoms with van der Waals surface area (Å²) < 4.78 is 10.5. The number of methoxy groups -OCH3 is 2. The molecule has 1 saturated carbocycles. The van der Waals surface area contributed by atoms with Crippen LogP contribution in [-0.2, 0) is 6.54 Å². The average molecular weight is 312 g/mol. The molecule has 1 fully saturated rings. The average Bonchev–Trinajstić information content (AvgIpc) is 3.44. The second-order valence-electron chi connectivity index (χ2n) is 5.59. The van der Waals surface area contributed by atoms with Crippen molar-refractivity contribution in [1.82, 2.24) is 9.88 Å². The Morgan fingerprint density at radius 2 is 1.83 bits per heavy atom. The van der Waals surface area contributed by atoms with Crippen LogP contribution in [0, 0.1) is 0 Å². The van der Waals surface area contributed by atoms with Crippen molar-refractivity contribution in [3.63, 3.8) is 0 Å². The van der Waals surface area contributed by atoms with E-state index in [1.165, 1.54) is 0 Å². The first kappa shape index (κ1) is 15.3. The Labute approximate surface area is 135 Å². The number of nitrogens with zero attached hydrogens (tertiary/aromatic N) is 2. The van der Waals surface area contributed by atoms with E-state index in [1.54, 1.807) is 44.8 Å². The molecule has 0 unspecified atom stereocenters. The quantitative estimate of drug-likeness (QED) is 0.823. The van der Waals surface area contributed by atoms with Crippen LogP contribution in [0.15, 0.2) is 42.7 Å². The molecule has 0 spiro atoms. The number of carbonyl (C=O) groups excluding carboxylic acids is 1. The van der Waals surface area contributed by atoms with E-state index in [0.29, 0.717) is 29.6 Å². The molecule has 5 heteroatoms. The molecule has 1 aliphatic rings. The summed E-state index contributed by atoms with van der Waals surface area (Å²) in [6, 6.07) is 9.50. The molecular formula is C18H20N2O3. The molecule has 120 valence electrons. The highest BCUT2D eigenvalue weighted by Crippen LogP contribution is 2.32. The van der Waals surface area contributed by atoms with Crippen LogP contribution in [0.4, 0.5) is 0 Å². The molecule has 0 saturated heterocycles. The molecule has 0 bridgehead atoms. The summed E-state index contributed by atoms with van der Waals surface area (Å²) in [7, 11) is 3.15. The minimum absolute atomic E-state index is 0.0188. The van der Waals surface area contributed by atoms with Crippen LogP contribution in [0.3, 0.4) is 0 Å². The highest BCUT2D eigenvalue weighted by atomic mass is 16.5. The van der Waals surface area contributed by atoms with E-state index < -0.39 is 0 Å². The minimum Gasteiger partial charge on any atom is -0.493 e. The van der Waals surface area contributed by atoms with Crippen molar-refractivity contribution in [2.24, 2.45) is 0 Å². The third-order valence-electron chi connectivity index (χ3n) is 3.98. The summed E-state index contributed by atoms with van der Waals surface area (Å²) in [6.45, 7) is 0.598. The van der Waals surface area contributed by atoms with Gasteiger partial charge in [-0.25, -0.2) is 0 Å². The van der Waals surface area contributed by atoms with E-state index in [9.17, 15) is 4.79 Å². The Bertz CT molecular complexity index is 684. The van der Waals surface area contributed by atoms with Gasteiger partial charge in [0.25, 0.3) is 5.91 Å². The monoisotopic (exact) mass is 312 g/mol. The number of amides is 1. The molecule has 1 amide bonds. The first-order chi connectivity index (χ1) is 11.2. The fourth-order valence-corrected chi connectivity index (χ4v) is 2.57. The Morgan fingerprint density at radius 3 is 2.43 bits per heavy atom. The molecule has 0 atom stereocenters. The lowest BCUT2D eigenvalue weighted by Crippen LogP contribution is -2.32. The van der Waals surface area contributed by atoms with Crippen molar-refractivity contribution in [2.75, 3.05) is 14.2 Å². The summed E-state index contributed by atoms with van der Waals surface area (Å²) in [4.78, 5) is 18.9. The Balaban J connectivity index is 1.84. The Morgan fingerprint density at radius 1 is 1.13 bits per heavy atom. The zero-order valence-electron chi connectivity index (χ0n) is 13.4. The summed E-state index contributed by atoms with van der Waals surface area (Å²) in [6.07, 6.45) is 5.62. The van der Waals surface area contributed by atoms with E-state index in [2.05, 4.69) is 4.98 Å². The Kier molecular flexibility index (Phi) is 4.46. The molecular weight excluding hydrogens is 292 g/mol. The minimum atomic E-state index is 0.0188. The molecule has 1 aromatic carbocycles. The molecule has 5 nitrogen and oxygen atoms in total. The van der Waals surface area contributed by atoms with Crippen molar-refractivity contribution in [3.8, 4) is 11.5 Å². The predicted molar refractivity (Wildman–Crippen MR) is 86.7 cm³/mol. The summed E-state index contributed by atoms with van der Waals surface area (Å²) in [5.41, 5.74) is 1.70. The van der Waals surface area contributed by atoms with Crippen molar-refractivity contribution < 1.29 is 14.3 Å². The topological polar surface area (TPSA) is 51.7 Å². The van der Waals surface area contributed by atoms with Gasteiger partial charge in [-0.2, -0.15) is 0 Å². The lowest BCUT2D eigenvalue weighted by molar-refractivity contribution is 0.0729. The normalized spacial score (nSPS) is 13.5. The van der Waals surface area contributed by atoms with Crippen molar-refractivity contribution in [1.29, 1.82) is 0 Å². The van der Waals surface area contributed by atoms with Gasteiger partial charge < -0.3 is 14.4 Å². The van der Waals surface area contributed by atoms with Gasteiger partial charge in [-0.1, -0.05) is 0 Å². The van der Waals surface area contributed by atoms with E-state index in [-0.39, 0.29) is 5.91 Å². The molecule has 0 aliphatic heterocycles. The first-order valence-electron chi connectivity index (χ1n) is 7.65. The maximum Gasteiger partial charge on any atom is 0.254 e. The first-order valence-corrected chi connectivity index (χ1v) is 7.65. The van der Waals surface area contributed by atoms with E-state index >= 15 is 0 Å². The maximum absolute atomic E-state index is 12.9. The fraction of sp³-hybridized carbons (Fsp3) is 0.333. The maximum atomic E-state index is 12.9. The fourth-order valence-electron chi connectivity index (χ4n) is 2.57. The van der Waals surface area contributed by atoms with Gasteiger partial charge in [0.1, 0.15) is 0 Å². The van der Waals surface area contributed by atoms with Crippen molar-refractivity contribution in [3.05, 3.63) is 53.9 Å². The third kappa shape index (κ3) is 3.44. The zero-order valence-corrected chi connectivity index (χ0v) is 13.4. The molecule has 0 N–H and O–H groups in total. The van der Waals surface area contributed by atoms with Crippen molar-refractivity contribution >= 4 is 5.91 Å². The van der Waals surface area contributed by atoms with Crippen molar-refractivity contribution in [2.45, 2.75) is 25.4 Å². The molecule has 2 aromatic rings. The van der Waals surface area contributed by atoms with E-state index in [1.807, 2.05) is 17.0 Å². The highest BCUT2D eigenvalue weighted by molar-refractivity contribution is 5.95. The molecule has 23 heavy (non-hydrogen) atoms. The lowest BCUT2D eigenvalue weighted by Gasteiger charge is -2.23. The number of hydrogen-bond acceptors (Lipinski definition) is 4. The number of aromatic nitrogens is 1. The second kappa shape index (κ2) is 6.69. The highest BCUT2D eigenvalue weighted by Gasteiger charge is 2.33. The zero-order chi connectivity index (χ0) is 16.2.